The van der Waals surface area contributed by atoms with Crippen molar-refractivity contribution < 1.29 is 27.3 Å². The van der Waals surface area contributed by atoms with Gasteiger partial charge in [-0.05, 0) is 0 Å². The molecule has 6 heavy (non-hydrogen) atoms. The summed E-state index contributed by atoms with van der Waals surface area (Å²) in [6.07, 6.45) is 2.28. The summed E-state index contributed by atoms with van der Waals surface area (Å²) in [5.41, 5.74) is 0. The van der Waals surface area contributed by atoms with Gasteiger partial charge in [0.25, 0.3) is 0 Å². The summed E-state index contributed by atoms with van der Waals surface area (Å²) < 4.78 is 0. The Morgan fingerprint density at radius 3 is 1.67 bits per heavy atom. The SMILES string of the molecule is Cl.[CH2-]CCC.[Cd]. The molecular formula is C4H10CdCl-. The second-order valence-corrected chi connectivity index (χ2v) is 0.854. The van der Waals surface area contributed by atoms with E-state index in [0.29, 0.717) is 0 Å². The third-order valence-corrected chi connectivity index (χ3v) is 0.354. The Morgan fingerprint density at radius 1 is 1.50 bits per heavy atom. The van der Waals surface area contributed by atoms with Gasteiger partial charge >= 0.3 is 0 Å². The van der Waals surface area contributed by atoms with Crippen LogP contribution in [0.2, 0.25) is 0 Å². The molecule has 0 aromatic carbocycles. The molecule has 0 atom stereocenters. The van der Waals surface area contributed by atoms with Gasteiger partial charge in [-0.3, -0.25) is 0 Å². The average Bonchev–Trinajstić information content (AvgIpc) is 1.37. The van der Waals surface area contributed by atoms with Crippen LogP contribution in [0.1, 0.15) is 19.8 Å². The molecule has 0 aliphatic carbocycles. The minimum absolute atomic E-state index is 0. The summed E-state index contributed by atoms with van der Waals surface area (Å²) in [7, 11) is 0. The van der Waals surface area contributed by atoms with Crippen molar-refractivity contribution in [2.24, 2.45) is 0 Å². The molecule has 0 amide bonds. The first-order valence-electron chi connectivity index (χ1n) is 1.71. The Bertz CT molecular complexity index is 9.51. The van der Waals surface area contributed by atoms with E-state index in [0.717, 1.165) is 6.42 Å². The number of hydrogen-bond donors (Lipinski definition) is 0. The monoisotopic (exact) mass is 207 g/mol. The van der Waals surface area contributed by atoms with Crippen LogP contribution >= 0.6 is 12.4 Å². The molecule has 0 heterocycles. The van der Waals surface area contributed by atoms with Crippen molar-refractivity contribution in [2.45, 2.75) is 19.8 Å². The van der Waals surface area contributed by atoms with E-state index in [-0.39, 0.29) is 39.7 Å². The predicted octanol–water partition coefficient (Wildman–Crippen LogP) is 2.04. The maximum absolute atomic E-state index is 3.60. The first-order chi connectivity index (χ1) is 1.91. The molecule has 0 rings (SSSR count). The van der Waals surface area contributed by atoms with Gasteiger partial charge in [0, 0.05) is 27.3 Å². The Hall–Kier alpha value is 1.21. The van der Waals surface area contributed by atoms with Crippen LogP contribution in [0.3, 0.4) is 0 Å². The molecule has 0 bridgehead atoms. The summed E-state index contributed by atoms with van der Waals surface area (Å²) in [5, 5.41) is 0. The zero-order valence-electron chi connectivity index (χ0n) is 4.24. The fraction of sp³-hybridized carbons (Fsp3) is 0.750. The molecule has 2 heteroatoms. The van der Waals surface area contributed by atoms with Gasteiger partial charge in [0.1, 0.15) is 0 Å². The van der Waals surface area contributed by atoms with Gasteiger partial charge in [0.05, 0.1) is 0 Å². The fourth-order valence-corrected chi connectivity index (χ4v) is 0. The minimum atomic E-state index is 0. The molecule has 0 N–H and O–H groups in total. The second kappa shape index (κ2) is 16.4. The van der Waals surface area contributed by atoms with Gasteiger partial charge in [-0.2, -0.15) is 6.42 Å². The van der Waals surface area contributed by atoms with Crippen LogP contribution in [0, 0.1) is 6.92 Å². The molecule has 0 fully saturated rings. The minimum Gasteiger partial charge on any atom is -0.343 e. The molecule has 0 saturated heterocycles. The van der Waals surface area contributed by atoms with E-state index in [1.165, 1.54) is 6.42 Å². The average molecular weight is 206 g/mol. The maximum atomic E-state index is 3.60. The van der Waals surface area contributed by atoms with Gasteiger partial charge in [-0.15, -0.1) is 12.4 Å². The normalized spacial score (nSPS) is 5.00. The van der Waals surface area contributed by atoms with Crippen LogP contribution in [0.25, 0.3) is 0 Å². The van der Waals surface area contributed by atoms with E-state index in [9.17, 15) is 0 Å². The number of rotatable bonds is 1. The van der Waals surface area contributed by atoms with Gasteiger partial charge in [0.2, 0.25) is 0 Å². The number of halogens is 1. The quantitative estimate of drug-likeness (QED) is 0.454. The molecule has 0 aliphatic heterocycles. The van der Waals surface area contributed by atoms with Crippen LogP contribution in [0.15, 0.2) is 0 Å². The molecule has 0 unspecified atom stereocenters. The van der Waals surface area contributed by atoms with E-state index >= 15 is 0 Å². The molecule has 0 saturated carbocycles. The van der Waals surface area contributed by atoms with Crippen molar-refractivity contribution in [2.75, 3.05) is 0 Å². The largest absolute Gasteiger partial charge is 0.343 e. The molecule has 0 radical (unpaired) electrons. The number of unbranched alkanes of at least 4 members (excludes halogenated alkanes) is 1. The molecule has 0 aromatic rings. The van der Waals surface area contributed by atoms with Crippen molar-refractivity contribution in [1.29, 1.82) is 0 Å². The molecule has 0 spiro atoms. The van der Waals surface area contributed by atoms with E-state index in [1.807, 2.05) is 0 Å². The molecule has 36 valence electrons. The summed E-state index contributed by atoms with van der Waals surface area (Å²) in [5.74, 6) is 0. The zero-order chi connectivity index (χ0) is 3.41. The van der Waals surface area contributed by atoms with E-state index in [2.05, 4.69) is 13.8 Å². The van der Waals surface area contributed by atoms with Crippen molar-refractivity contribution in [3.8, 4) is 0 Å². The van der Waals surface area contributed by atoms with Crippen LogP contribution in [0.5, 0.6) is 0 Å². The third-order valence-electron chi connectivity index (χ3n) is 0.354. The second-order valence-electron chi connectivity index (χ2n) is 0.854. The van der Waals surface area contributed by atoms with Crippen molar-refractivity contribution in [3.05, 3.63) is 6.92 Å². The topological polar surface area (TPSA) is 0 Å². The van der Waals surface area contributed by atoms with E-state index in [4.69, 9.17) is 0 Å². The Morgan fingerprint density at radius 2 is 1.67 bits per heavy atom. The third kappa shape index (κ3) is 18.9. The van der Waals surface area contributed by atoms with Crippen LogP contribution in [0.4, 0.5) is 0 Å². The number of hydrogen-bond acceptors (Lipinski definition) is 0. The fourth-order valence-electron chi connectivity index (χ4n) is 0. The van der Waals surface area contributed by atoms with Crippen LogP contribution in [-0.2, 0) is 27.3 Å². The maximum Gasteiger partial charge on any atom is 0 e. The van der Waals surface area contributed by atoms with Gasteiger partial charge in [-0.1, -0.05) is 13.3 Å². The van der Waals surface area contributed by atoms with Crippen LogP contribution < -0.4 is 0 Å². The molecular weight excluding hydrogens is 196 g/mol. The van der Waals surface area contributed by atoms with Crippen molar-refractivity contribution in [3.63, 3.8) is 0 Å². The summed E-state index contributed by atoms with van der Waals surface area (Å²) in [4.78, 5) is 0. The smallest absolute Gasteiger partial charge is 0 e. The summed E-state index contributed by atoms with van der Waals surface area (Å²) in [6.45, 7) is 5.72. The van der Waals surface area contributed by atoms with Gasteiger partial charge < -0.3 is 6.92 Å². The van der Waals surface area contributed by atoms with Crippen LogP contribution in [-0.4, -0.2) is 0 Å². The first-order valence-corrected chi connectivity index (χ1v) is 1.71. The summed E-state index contributed by atoms with van der Waals surface area (Å²) in [6, 6.07) is 0. The predicted molar refractivity (Wildman–Crippen MR) is 27.5 cm³/mol. The standard InChI is InChI=1S/C4H9.Cd.ClH/c1-3-4-2;;/h1,3-4H2,2H3;;1H/q-1;;. The Kier molecular flexibility index (Phi) is 42.8. The summed E-state index contributed by atoms with van der Waals surface area (Å²) >= 11 is 0. The Balaban J connectivity index is -0.0000000450. The van der Waals surface area contributed by atoms with Gasteiger partial charge in [-0.25, -0.2) is 0 Å². The van der Waals surface area contributed by atoms with Crippen molar-refractivity contribution >= 4 is 12.4 Å². The van der Waals surface area contributed by atoms with Crippen molar-refractivity contribution in [1.82, 2.24) is 0 Å². The first kappa shape index (κ1) is 15.7. The molecule has 0 aliphatic rings. The van der Waals surface area contributed by atoms with E-state index in [1.54, 1.807) is 0 Å². The zero-order valence-corrected chi connectivity index (χ0v) is 9.09. The molecule has 0 nitrogen and oxygen atoms in total. The molecule has 0 aromatic heterocycles. The van der Waals surface area contributed by atoms with E-state index < -0.39 is 0 Å². The van der Waals surface area contributed by atoms with Gasteiger partial charge in [0.15, 0.2) is 0 Å². The Labute approximate surface area is 66.3 Å².